The number of nitrogens with one attached hydrogen (secondary N) is 1. The van der Waals surface area contributed by atoms with Gasteiger partial charge in [-0.3, -0.25) is 0 Å². The Morgan fingerprint density at radius 3 is 2.72 bits per heavy atom. The molecule has 0 fully saturated rings. The van der Waals surface area contributed by atoms with Gasteiger partial charge in [0.1, 0.15) is 0 Å². The van der Waals surface area contributed by atoms with E-state index in [9.17, 15) is 8.42 Å². The molecule has 0 aliphatic carbocycles. The Morgan fingerprint density at radius 1 is 1.39 bits per heavy atom. The Morgan fingerprint density at radius 2 is 2.11 bits per heavy atom. The first-order valence-electron chi connectivity index (χ1n) is 5.41. The largest absolute Gasteiger partial charge is 0.385 e. The van der Waals surface area contributed by atoms with Crippen molar-refractivity contribution in [1.29, 1.82) is 0 Å². The first-order valence-corrected chi connectivity index (χ1v) is 8.06. The zero-order valence-electron chi connectivity index (χ0n) is 9.95. The van der Waals surface area contributed by atoms with Gasteiger partial charge in [0.2, 0.25) is 10.0 Å². The summed E-state index contributed by atoms with van der Waals surface area (Å²) in [6.07, 6.45) is 1.56. The van der Waals surface area contributed by atoms with Crippen molar-refractivity contribution in [3.8, 4) is 0 Å². The van der Waals surface area contributed by atoms with Crippen molar-refractivity contribution in [2.45, 2.75) is 17.7 Å². The Kier molecular flexibility index (Phi) is 6.59. The van der Waals surface area contributed by atoms with E-state index in [2.05, 4.69) is 20.7 Å². The van der Waals surface area contributed by atoms with Gasteiger partial charge >= 0.3 is 0 Å². The van der Waals surface area contributed by atoms with Gasteiger partial charge < -0.3 is 4.74 Å². The molecule has 0 spiro atoms. The van der Waals surface area contributed by atoms with Crippen LogP contribution in [0.4, 0.5) is 0 Å². The minimum absolute atomic E-state index is 0.200. The number of unbranched alkanes of at least 4 members (excludes halogenated alkanes) is 1. The smallest absolute Gasteiger partial charge is 0.240 e. The van der Waals surface area contributed by atoms with Crippen molar-refractivity contribution in [3.05, 3.63) is 27.7 Å². The average molecular weight is 357 g/mol. The normalized spacial score (nSPS) is 11.7. The quantitative estimate of drug-likeness (QED) is 0.764. The molecular formula is C11H15BrClNO3S. The highest BCUT2D eigenvalue weighted by Gasteiger charge is 2.14. The van der Waals surface area contributed by atoms with Crippen molar-refractivity contribution >= 4 is 37.6 Å². The zero-order chi connectivity index (χ0) is 13.6. The van der Waals surface area contributed by atoms with Gasteiger partial charge in [0, 0.05) is 24.7 Å². The van der Waals surface area contributed by atoms with Gasteiger partial charge in [-0.25, -0.2) is 13.1 Å². The highest BCUT2D eigenvalue weighted by molar-refractivity contribution is 9.10. The van der Waals surface area contributed by atoms with E-state index in [0.29, 0.717) is 22.6 Å². The number of sulfonamides is 1. The van der Waals surface area contributed by atoms with Crippen LogP contribution in [0, 0.1) is 0 Å². The molecule has 1 aromatic rings. The maximum Gasteiger partial charge on any atom is 0.240 e. The maximum atomic E-state index is 11.9. The van der Waals surface area contributed by atoms with Gasteiger partial charge in [0.05, 0.1) is 9.92 Å². The molecule has 0 aromatic heterocycles. The van der Waals surface area contributed by atoms with Gasteiger partial charge in [0.25, 0.3) is 0 Å². The van der Waals surface area contributed by atoms with Gasteiger partial charge in [-0.15, -0.1) is 0 Å². The summed E-state index contributed by atoms with van der Waals surface area (Å²) < 4.78 is 31.8. The molecule has 0 bridgehead atoms. The van der Waals surface area contributed by atoms with Gasteiger partial charge in [-0.2, -0.15) is 0 Å². The number of hydrogen-bond donors (Lipinski definition) is 1. The van der Waals surface area contributed by atoms with Crippen LogP contribution in [0.25, 0.3) is 0 Å². The minimum atomic E-state index is -3.47. The molecule has 0 heterocycles. The first-order chi connectivity index (χ1) is 8.47. The lowest BCUT2D eigenvalue weighted by atomic mass is 10.3. The third-order valence-corrected chi connectivity index (χ3v) is 4.94. The highest BCUT2D eigenvalue weighted by Crippen LogP contribution is 2.25. The third kappa shape index (κ3) is 4.85. The van der Waals surface area contributed by atoms with E-state index < -0.39 is 10.0 Å². The summed E-state index contributed by atoms with van der Waals surface area (Å²) in [6, 6.07) is 4.51. The van der Waals surface area contributed by atoms with Crippen LogP contribution in [-0.4, -0.2) is 28.7 Å². The Hall–Kier alpha value is -0.140. The summed E-state index contributed by atoms with van der Waals surface area (Å²) in [5.41, 5.74) is 0. The minimum Gasteiger partial charge on any atom is -0.385 e. The van der Waals surface area contributed by atoms with E-state index in [0.717, 1.165) is 12.8 Å². The lowest BCUT2D eigenvalue weighted by molar-refractivity contribution is 0.193. The zero-order valence-corrected chi connectivity index (χ0v) is 13.1. The van der Waals surface area contributed by atoms with E-state index in [4.69, 9.17) is 16.3 Å². The van der Waals surface area contributed by atoms with Crippen LogP contribution in [0.5, 0.6) is 0 Å². The first kappa shape index (κ1) is 15.9. The molecule has 1 N–H and O–H groups in total. The van der Waals surface area contributed by atoms with Crippen LogP contribution in [0.1, 0.15) is 12.8 Å². The van der Waals surface area contributed by atoms with Crippen LogP contribution >= 0.6 is 27.5 Å². The molecule has 7 heteroatoms. The second kappa shape index (κ2) is 7.45. The van der Waals surface area contributed by atoms with Crippen molar-refractivity contribution in [2.24, 2.45) is 0 Å². The molecule has 0 aliphatic heterocycles. The van der Waals surface area contributed by atoms with Gasteiger partial charge in [-0.05, 0) is 47.0 Å². The monoisotopic (exact) mass is 355 g/mol. The number of hydrogen-bond acceptors (Lipinski definition) is 3. The number of halogens is 2. The molecule has 0 saturated carbocycles. The van der Waals surface area contributed by atoms with Crippen molar-refractivity contribution < 1.29 is 13.2 Å². The Labute approximate surface area is 121 Å². The fourth-order valence-corrected chi connectivity index (χ4v) is 3.05. The number of rotatable bonds is 7. The summed E-state index contributed by atoms with van der Waals surface area (Å²) in [7, 11) is -1.85. The summed E-state index contributed by atoms with van der Waals surface area (Å²) in [5, 5.41) is 0.481. The topological polar surface area (TPSA) is 55.4 Å². The van der Waals surface area contributed by atoms with E-state index in [1.165, 1.54) is 12.1 Å². The molecule has 0 amide bonds. The summed E-state index contributed by atoms with van der Waals surface area (Å²) in [6.45, 7) is 1.03. The third-order valence-electron chi connectivity index (χ3n) is 2.27. The van der Waals surface area contributed by atoms with Crippen LogP contribution in [0.2, 0.25) is 5.02 Å². The molecule has 0 unspecified atom stereocenters. The van der Waals surface area contributed by atoms with Crippen molar-refractivity contribution in [3.63, 3.8) is 0 Å². The van der Waals surface area contributed by atoms with E-state index in [1.54, 1.807) is 13.2 Å². The fourth-order valence-electron chi connectivity index (χ4n) is 1.31. The lowest BCUT2D eigenvalue weighted by Crippen LogP contribution is -2.25. The predicted octanol–water partition coefficient (Wildman–Crippen LogP) is 2.81. The summed E-state index contributed by atoms with van der Waals surface area (Å²) in [5.74, 6) is 0. The lowest BCUT2D eigenvalue weighted by Gasteiger charge is -2.07. The molecule has 0 saturated heterocycles. The molecular weight excluding hydrogens is 342 g/mol. The Balaban J connectivity index is 2.60. The standard InChI is InChI=1S/C11H15BrClNO3S/c1-17-7-3-2-6-14-18(15,16)9-4-5-11(13)10(12)8-9/h4-5,8,14H,2-3,6-7H2,1H3. The van der Waals surface area contributed by atoms with Gasteiger partial charge in [0.15, 0.2) is 0 Å². The molecule has 1 rings (SSSR count). The highest BCUT2D eigenvalue weighted by atomic mass is 79.9. The van der Waals surface area contributed by atoms with Crippen molar-refractivity contribution in [1.82, 2.24) is 4.72 Å². The average Bonchev–Trinajstić information content (AvgIpc) is 2.32. The number of ether oxygens (including phenoxy) is 1. The molecule has 0 atom stereocenters. The maximum absolute atomic E-state index is 11.9. The SMILES string of the molecule is COCCCCNS(=O)(=O)c1ccc(Cl)c(Br)c1. The second-order valence-corrected chi connectivity index (χ2v) is 6.70. The number of methoxy groups -OCH3 is 1. The van der Waals surface area contributed by atoms with Crippen LogP contribution in [0.3, 0.4) is 0 Å². The van der Waals surface area contributed by atoms with Crippen LogP contribution in [-0.2, 0) is 14.8 Å². The fraction of sp³-hybridized carbons (Fsp3) is 0.455. The molecule has 0 aliphatic rings. The van der Waals surface area contributed by atoms with E-state index in [-0.39, 0.29) is 4.90 Å². The molecule has 0 radical (unpaired) electrons. The molecule has 1 aromatic carbocycles. The molecule has 102 valence electrons. The summed E-state index contributed by atoms with van der Waals surface area (Å²) in [4.78, 5) is 0.200. The van der Waals surface area contributed by atoms with E-state index in [1.807, 2.05) is 0 Å². The Bertz CT molecular complexity index is 493. The number of benzene rings is 1. The second-order valence-electron chi connectivity index (χ2n) is 3.67. The molecule has 4 nitrogen and oxygen atoms in total. The van der Waals surface area contributed by atoms with Gasteiger partial charge in [-0.1, -0.05) is 11.6 Å². The summed E-state index contributed by atoms with van der Waals surface area (Å²) >= 11 is 9.02. The van der Waals surface area contributed by atoms with Crippen LogP contribution in [0.15, 0.2) is 27.6 Å². The molecule has 18 heavy (non-hydrogen) atoms. The predicted molar refractivity (Wildman–Crippen MR) is 75.5 cm³/mol. The van der Waals surface area contributed by atoms with Crippen LogP contribution < -0.4 is 4.72 Å². The van der Waals surface area contributed by atoms with E-state index >= 15 is 0 Å². The van der Waals surface area contributed by atoms with Crippen molar-refractivity contribution in [2.75, 3.05) is 20.3 Å².